The van der Waals surface area contributed by atoms with Crippen LogP contribution in [-0.4, -0.2) is 16.2 Å². The Morgan fingerprint density at radius 3 is 2.38 bits per heavy atom. The zero-order valence-corrected chi connectivity index (χ0v) is 13.3. The highest BCUT2D eigenvalue weighted by atomic mass is 79.9. The quantitative estimate of drug-likeness (QED) is 0.872. The number of carboxylic acids is 1. The minimum atomic E-state index is -1.16. The number of phenols is 1. The monoisotopic (exact) mass is 350 g/mol. The number of aromatic hydroxyl groups is 1. The van der Waals surface area contributed by atoms with Crippen molar-refractivity contribution in [2.45, 2.75) is 20.5 Å². The van der Waals surface area contributed by atoms with Crippen LogP contribution in [0, 0.1) is 13.8 Å². The van der Waals surface area contributed by atoms with Crippen LogP contribution in [0.4, 0.5) is 0 Å². The fourth-order valence-electron chi connectivity index (χ4n) is 2.08. The first kappa shape index (κ1) is 15.4. The molecule has 0 amide bonds. The topological polar surface area (TPSA) is 66.8 Å². The second-order valence-electron chi connectivity index (χ2n) is 4.70. The maximum atomic E-state index is 11.2. The molecule has 2 N–H and O–H groups in total. The summed E-state index contributed by atoms with van der Waals surface area (Å²) in [6.07, 6.45) is 0. The van der Waals surface area contributed by atoms with Gasteiger partial charge in [-0.3, -0.25) is 0 Å². The second-order valence-corrected chi connectivity index (χ2v) is 5.49. The molecule has 0 radical (unpaired) electrons. The summed E-state index contributed by atoms with van der Waals surface area (Å²) in [4.78, 5) is 11.2. The Labute approximate surface area is 131 Å². The number of benzene rings is 2. The highest BCUT2D eigenvalue weighted by molar-refractivity contribution is 9.10. The molecule has 0 aromatic heterocycles. The first-order chi connectivity index (χ1) is 9.93. The lowest BCUT2D eigenvalue weighted by Gasteiger charge is -2.17. The minimum Gasteiger partial charge on any atom is -0.507 e. The Bertz CT molecular complexity index is 651. The van der Waals surface area contributed by atoms with Gasteiger partial charge in [-0.15, -0.1) is 0 Å². The molecule has 0 aliphatic carbocycles. The van der Waals surface area contributed by atoms with Gasteiger partial charge < -0.3 is 14.9 Å². The first-order valence-electron chi connectivity index (χ1n) is 6.35. The highest BCUT2D eigenvalue weighted by Crippen LogP contribution is 2.41. The van der Waals surface area contributed by atoms with Crippen LogP contribution in [0.25, 0.3) is 0 Å². The number of halogens is 1. The summed E-state index contributed by atoms with van der Waals surface area (Å²) < 4.78 is 6.30. The van der Waals surface area contributed by atoms with Crippen molar-refractivity contribution in [1.29, 1.82) is 0 Å². The van der Waals surface area contributed by atoms with Gasteiger partial charge in [-0.2, -0.15) is 0 Å². The SMILES string of the molecule is Cc1c(O)c(C(=O)O)c(C)c(Br)c1OCc1ccccc1. The standard InChI is InChI=1S/C16H15BrO4/c1-9-12(16(19)20)14(18)10(2)15(13(9)17)21-8-11-6-4-3-5-7-11/h3-7,18H,8H2,1-2H3,(H,19,20). The van der Waals surface area contributed by atoms with Crippen LogP contribution in [-0.2, 0) is 6.61 Å². The van der Waals surface area contributed by atoms with E-state index in [-0.39, 0.29) is 11.3 Å². The average molecular weight is 351 g/mol. The minimum absolute atomic E-state index is 0.105. The van der Waals surface area contributed by atoms with Crippen LogP contribution in [0.1, 0.15) is 27.0 Å². The smallest absolute Gasteiger partial charge is 0.339 e. The molecule has 2 aromatic rings. The molecule has 0 atom stereocenters. The van der Waals surface area contributed by atoms with Gasteiger partial charge in [0.2, 0.25) is 0 Å². The molecule has 4 nitrogen and oxygen atoms in total. The third-order valence-corrected chi connectivity index (χ3v) is 4.23. The number of aromatic carboxylic acids is 1. The van der Waals surface area contributed by atoms with E-state index in [4.69, 9.17) is 4.74 Å². The van der Waals surface area contributed by atoms with Crippen molar-refractivity contribution in [2.24, 2.45) is 0 Å². The number of hydrogen-bond acceptors (Lipinski definition) is 3. The van der Waals surface area contributed by atoms with Gasteiger partial charge >= 0.3 is 5.97 Å². The van der Waals surface area contributed by atoms with E-state index in [9.17, 15) is 15.0 Å². The highest BCUT2D eigenvalue weighted by Gasteiger charge is 2.23. The Hall–Kier alpha value is -2.01. The molecule has 0 spiro atoms. The van der Waals surface area contributed by atoms with E-state index in [1.165, 1.54) is 0 Å². The lowest BCUT2D eigenvalue weighted by molar-refractivity contribution is 0.0692. The summed E-state index contributed by atoms with van der Waals surface area (Å²) in [6, 6.07) is 9.61. The Morgan fingerprint density at radius 1 is 1.19 bits per heavy atom. The second kappa shape index (κ2) is 6.18. The molecular formula is C16H15BrO4. The third-order valence-electron chi connectivity index (χ3n) is 3.28. The van der Waals surface area contributed by atoms with Crippen LogP contribution in [0.15, 0.2) is 34.8 Å². The van der Waals surface area contributed by atoms with Crippen LogP contribution >= 0.6 is 15.9 Å². The molecule has 5 heteroatoms. The van der Waals surface area contributed by atoms with Gasteiger partial charge in [0.05, 0.1) is 4.47 Å². The molecule has 0 bridgehead atoms. The van der Waals surface area contributed by atoms with Crippen molar-refractivity contribution < 1.29 is 19.7 Å². The molecular weight excluding hydrogens is 336 g/mol. The Kier molecular flexibility index (Phi) is 4.53. The van der Waals surface area contributed by atoms with E-state index in [0.29, 0.717) is 28.0 Å². The Balaban J connectivity index is 2.39. The van der Waals surface area contributed by atoms with E-state index in [2.05, 4.69) is 15.9 Å². The molecule has 2 rings (SSSR count). The van der Waals surface area contributed by atoms with Gasteiger partial charge in [-0.25, -0.2) is 4.79 Å². The van der Waals surface area contributed by atoms with Crippen LogP contribution in [0.2, 0.25) is 0 Å². The van der Waals surface area contributed by atoms with Gasteiger partial charge in [0.1, 0.15) is 23.7 Å². The zero-order chi connectivity index (χ0) is 15.6. The van der Waals surface area contributed by atoms with Crippen LogP contribution in [0.3, 0.4) is 0 Å². The molecule has 0 aliphatic heterocycles. The molecule has 0 heterocycles. The van der Waals surface area contributed by atoms with Gasteiger partial charge in [0.25, 0.3) is 0 Å². The lowest BCUT2D eigenvalue weighted by Crippen LogP contribution is -2.06. The average Bonchev–Trinajstić information content (AvgIpc) is 2.46. The normalized spacial score (nSPS) is 10.4. The van der Waals surface area contributed by atoms with Crippen LogP contribution in [0.5, 0.6) is 11.5 Å². The summed E-state index contributed by atoms with van der Waals surface area (Å²) in [7, 11) is 0. The fraction of sp³-hybridized carbons (Fsp3) is 0.188. The number of carbonyl (C=O) groups is 1. The summed E-state index contributed by atoms with van der Waals surface area (Å²) in [5.41, 5.74) is 1.73. The molecule has 0 unspecified atom stereocenters. The third kappa shape index (κ3) is 3.03. The number of ether oxygens (including phenoxy) is 1. The molecule has 2 aromatic carbocycles. The first-order valence-corrected chi connectivity index (χ1v) is 7.14. The predicted molar refractivity (Wildman–Crippen MR) is 83.0 cm³/mol. The van der Waals surface area contributed by atoms with Crippen molar-refractivity contribution in [1.82, 2.24) is 0 Å². The van der Waals surface area contributed by atoms with E-state index in [1.54, 1.807) is 13.8 Å². The predicted octanol–water partition coefficient (Wildman–Crippen LogP) is 4.05. The molecule has 110 valence electrons. The van der Waals surface area contributed by atoms with Gasteiger partial charge in [-0.05, 0) is 40.9 Å². The van der Waals surface area contributed by atoms with Gasteiger partial charge in [0.15, 0.2) is 0 Å². The maximum Gasteiger partial charge on any atom is 0.339 e. The summed E-state index contributed by atoms with van der Waals surface area (Å²) >= 11 is 3.36. The van der Waals surface area contributed by atoms with E-state index >= 15 is 0 Å². The molecule has 0 saturated carbocycles. The molecule has 21 heavy (non-hydrogen) atoms. The number of rotatable bonds is 4. The number of hydrogen-bond donors (Lipinski definition) is 2. The zero-order valence-electron chi connectivity index (χ0n) is 11.7. The van der Waals surface area contributed by atoms with E-state index < -0.39 is 5.97 Å². The molecule has 0 aliphatic rings. The molecule has 0 saturated heterocycles. The van der Waals surface area contributed by atoms with Crippen molar-refractivity contribution in [3.63, 3.8) is 0 Å². The van der Waals surface area contributed by atoms with E-state index in [1.807, 2.05) is 30.3 Å². The lowest BCUT2D eigenvalue weighted by atomic mass is 10.0. The number of carboxylic acid groups (broad SMARTS) is 1. The van der Waals surface area contributed by atoms with Crippen molar-refractivity contribution in [3.05, 3.63) is 57.1 Å². The van der Waals surface area contributed by atoms with Crippen molar-refractivity contribution >= 4 is 21.9 Å². The Morgan fingerprint density at radius 2 is 1.81 bits per heavy atom. The largest absolute Gasteiger partial charge is 0.507 e. The maximum absolute atomic E-state index is 11.2. The van der Waals surface area contributed by atoms with Crippen molar-refractivity contribution in [3.8, 4) is 11.5 Å². The van der Waals surface area contributed by atoms with Gasteiger partial charge in [0, 0.05) is 5.56 Å². The van der Waals surface area contributed by atoms with E-state index in [0.717, 1.165) is 5.56 Å². The van der Waals surface area contributed by atoms with Crippen molar-refractivity contribution in [2.75, 3.05) is 0 Å². The summed E-state index contributed by atoms with van der Waals surface area (Å²) in [5.74, 6) is -0.964. The summed E-state index contributed by atoms with van der Waals surface area (Å²) in [6.45, 7) is 3.60. The molecule has 0 fully saturated rings. The van der Waals surface area contributed by atoms with Crippen LogP contribution < -0.4 is 4.74 Å². The fourth-order valence-corrected chi connectivity index (χ4v) is 2.69. The van der Waals surface area contributed by atoms with Gasteiger partial charge in [-0.1, -0.05) is 30.3 Å². The summed E-state index contributed by atoms with van der Waals surface area (Å²) in [5, 5.41) is 19.2.